The van der Waals surface area contributed by atoms with Gasteiger partial charge in [-0.1, -0.05) is 0 Å². The number of phenolic OH excluding ortho intramolecular Hbond substituents is 2. The van der Waals surface area contributed by atoms with E-state index in [9.17, 15) is 24.9 Å². The number of aromatic hydroxyl groups is 2. The first-order chi connectivity index (χ1) is 7.50. The molecule has 0 aliphatic carbocycles. The first kappa shape index (κ1) is 13.6. The molecule has 0 atom stereocenters. The van der Waals surface area contributed by atoms with Crippen molar-refractivity contribution in [3.63, 3.8) is 0 Å². The van der Waals surface area contributed by atoms with E-state index in [0.29, 0.717) is 0 Å². The summed E-state index contributed by atoms with van der Waals surface area (Å²) in [5.74, 6) is -2.92. The molecule has 1 heterocycles. The van der Waals surface area contributed by atoms with Crippen molar-refractivity contribution in [3.8, 4) is 11.5 Å². The van der Waals surface area contributed by atoms with Gasteiger partial charge in [0, 0.05) is 17.0 Å². The number of hydrogen-bond donors (Lipinski definition) is 2. The number of carbonyl (C=O) groups excluding carboxylic acids is 1. The fraction of sp³-hybridized carbons (Fsp3) is 0. The van der Waals surface area contributed by atoms with Gasteiger partial charge in [-0.15, -0.1) is 0 Å². The standard InChI is InChI=1S/C10H6O6.Na/c11-6-3-5(10(14)15)4-1-2-7(12)16-9(4)8(6)13;/h1-3,11,13H,(H,14,15);/q;+1/p-1. The van der Waals surface area contributed by atoms with Gasteiger partial charge in [0.25, 0.3) is 0 Å². The number of benzene rings is 1. The van der Waals surface area contributed by atoms with Crippen LogP contribution in [0.3, 0.4) is 0 Å². The smallest absolute Gasteiger partial charge is 0.545 e. The van der Waals surface area contributed by atoms with E-state index in [1.165, 1.54) is 6.07 Å². The van der Waals surface area contributed by atoms with Gasteiger partial charge in [0.2, 0.25) is 5.75 Å². The van der Waals surface area contributed by atoms with Gasteiger partial charge in [0.1, 0.15) is 0 Å². The third-order valence-electron chi connectivity index (χ3n) is 2.08. The maximum atomic E-state index is 10.9. The van der Waals surface area contributed by atoms with Crippen LogP contribution in [-0.2, 0) is 0 Å². The molecule has 0 bridgehead atoms. The summed E-state index contributed by atoms with van der Waals surface area (Å²) in [5, 5.41) is 29.3. The molecule has 7 heteroatoms. The molecular weight excluding hydrogens is 239 g/mol. The van der Waals surface area contributed by atoms with E-state index < -0.39 is 23.1 Å². The minimum absolute atomic E-state index is 0. The fourth-order valence-electron chi connectivity index (χ4n) is 1.37. The van der Waals surface area contributed by atoms with Crippen molar-refractivity contribution in [3.05, 3.63) is 34.2 Å². The maximum absolute atomic E-state index is 10.9. The minimum atomic E-state index is -1.55. The Morgan fingerprint density at radius 3 is 2.53 bits per heavy atom. The fourth-order valence-corrected chi connectivity index (χ4v) is 1.37. The number of aromatic carboxylic acids is 1. The van der Waals surface area contributed by atoms with Crippen molar-refractivity contribution in [2.24, 2.45) is 0 Å². The predicted molar refractivity (Wildman–Crippen MR) is 50.1 cm³/mol. The van der Waals surface area contributed by atoms with E-state index in [2.05, 4.69) is 4.42 Å². The molecule has 2 N–H and O–H groups in total. The molecule has 0 saturated heterocycles. The van der Waals surface area contributed by atoms with E-state index in [-0.39, 0.29) is 46.1 Å². The van der Waals surface area contributed by atoms with E-state index in [1.807, 2.05) is 0 Å². The molecule has 17 heavy (non-hydrogen) atoms. The normalized spacial score (nSPS) is 9.88. The van der Waals surface area contributed by atoms with Crippen LogP contribution in [0, 0.1) is 0 Å². The van der Waals surface area contributed by atoms with Gasteiger partial charge in [-0.25, -0.2) is 4.79 Å². The molecule has 0 spiro atoms. The Morgan fingerprint density at radius 1 is 1.29 bits per heavy atom. The molecule has 2 rings (SSSR count). The van der Waals surface area contributed by atoms with Crippen LogP contribution in [0.15, 0.2) is 27.4 Å². The van der Waals surface area contributed by atoms with Crippen LogP contribution in [0.4, 0.5) is 0 Å². The number of carboxylic acid groups (broad SMARTS) is 1. The van der Waals surface area contributed by atoms with Crippen LogP contribution in [0.25, 0.3) is 11.0 Å². The average Bonchev–Trinajstić information content (AvgIpc) is 2.23. The summed E-state index contributed by atoms with van der Waals surface area (Å²) in [6, 6.07) is 3.00. The van der Waals surface area contributed by atoms with E-state index in [1.54, 1.807) is 0 Å². The monoisotopic (exact) mass is 244 g/mol. The quantitative estimate of drug-likeness (QED) is 0.307. The zero-order valence-electron chi connectivity index (χ0n) is 8.76. The van der Waals surface area contributed by atoms with Gasteiger partial charge in [-0.2, -0.15) is 0 Å². The van der Waals surface area contributed by atoms with E-state index in [0.717, 1.165) is 12.1 Å². The van der Waals surface area contributed by atoms with Crippen molar-refractivity contribution >= 4 is 16.9 Å². The SMILES string of the molecule is O=C([O-])c1cc(O)c(O)c2oc(=O)ccc12.[Na+]. The van der Waals surface area contributed by atoms with Crippen LogP contribution in [0.1, 0.15) is 10.4 Å². The maximum Gasteiger partial charge on any atom is 1.00 e. The second kappa shape index (κ2) is 4.79. The molecule has 1 aromatic heterocycles. The molecule has 1 aromatic carbocycles. The largest absolute Gasteiger partial charge is 1.00 e. The first-order valence-corrected chi connectivity index (χ1v) is 4.21. The Morgan fingerprint density at radius 2 is 1.94 bits per heavy atom. The Balaban J connectivity index is 0.00000144. The van der Waals surface area contributed by atoms with Crippen LogP contribution in [0.5, 0.6) is 11.5 Å². The van der Waals surface area contributed by atoms with Crippen LogP contribution in [0.2, 0.25) is 0 Å². The Hall–Kier alpha value is -1.50. The third-order valence-corrected chi connectivity index (χ3v) is 2.08. The van der Waals surface area contributed by atoms with Crippen molar-refractivity contribution in [1.82, 2.24) is 0 Å². The molecule has 0 aliphatic heterocycles. The van der Waals surface area contributed by atoms with Gasteiger partial charge >= 0.3 is 35.2 Å². The summed E-state index contributed by atoms with van der Waals surface area (Å²) < 4.78 is 4.61. The van der Waals surface area contributed by atoms with Gasteiger partial charge in [0.15, 0.2) is 11.3 Å². The van der Waals surface area contributed by atoms with E-state index in [4.69, 9.17) is 0 Å². The second-order valence-corrected chi connectivity index (χ2v) is 3.08. The van der Waals surface area contributed by atoms with Gasteiger partial charge in [-0.3, -0.25) is 0 Å². The number of carbonyl (C=O) groups is 1. The topological polar surface area (TPSA) is 111 Å². The van der Waals surface area contributed by atoms with E-state index >= 15 is 0 Å². The minimum Gasteiger partial charge on any atom is -0.545 e. The first-order valence-electron chi connectivity index (χ1n) is 4.21. The molecule has 0 amide bonds. The summed E-state index contributed by atoms with van der Waals surface area (Å²) >= 11 is 0. The van der Waals surface area contributed by atoms with Gasteiger partial charge < -0.3 is 24.5 Å². The third kappa shape index (κ3) is 2.28. The molecule has 0 aliphatic rings. The summed E-state index contributed by atoms with van der Waals surface area (Å²) in [7, 11) is 0. The van der Waals surface area contributed by atoms with Crippen LogP contribution < -0.4 is 40.3 Å². The molecule has 0 radical (unpaired) electrons. The molecule has 82 valence electrons. The Kier molecular flexibility index (Phi) is 3.82. The molecule has 2 aromatic rings. The average molecular weight is 244 g/mol. The summed E-state index contributed by atoms with van der Waals surface area (Å²) in [4.78, 5) is 21.6. The molecular formula is C10H5NaO6. The summed E-state index contributed by atoms with van der Waals surface area (Å²) in [5.41, 5.74) is -1.52. The van der Waals surface area contributed by atoms with Gasteiger partial charge in [0.05, 0.1) is 5.97 Å². The number of rotatable bonds is 1. The van der Waals surface area contributed by atoms with Crippen LogP contribution in [-0.4, -0.2) is 16.2 Å². The summed E-state index contributed by atoms with van der Waals surface area (Å²) in [6.07, 6.45) is 0. The Labute approximate surface area is 116 Å². The van der Waals surface area contributed by atoms with Crippen molar-refractivity contribution in [2.45, 2.75) is 0 Å². The second-order valence-electron chi connectivity index (χ2n) is 3.08. The molecule has 6 nitrogen and oxygen atoms in total. The van der Waals surface area contributed by atoms with Crippen molar-refractivity contribution in [1.29, 1.82) is 0 Å². The zero-order valence-corrected chi connectivity index (χ0v) is 10.8. The number of hydrogen-bond acceptors (Lipinski definition) is 6. The molecule has 0 saturated carbocycles. The zero-order chi connectivity index (χ0) is 11.9. The Bertz CT molecular complexity index is 645. The number of fused-ring (bicyclic) bond motifs is 1. The number of carboxylic acids is 1. The van der Waals surface area contributed by atoms with Crippen LogP contribution >= 0.6 is 0 Å². The number of phenols is 2. The molecule has 0 unspecified atom stereocenters. The summed E-state index contributed by atoms with van der Waals surface area (Å²) in [6.45, 7) is 0. The van der Waals surface area contributed by atoms with Crippen molar-refractivity contribution < 1.29 is 54.1 Å². The van der Waals surface area contributed by atoms with Crippen molar-refractivity contribution in [2.75, 3.05) is 0 Å². The van der Waals surface area contributed by atoms with Gasteiger partial charge in [-0.05, 0) is 12.1 Å². The predicted octanol–water partition coefficient (Wildman–Crippen LogP) is -3.43. The molecule has 0 fully saturated rings.